The Bertz CT molecular complexity index is 544. The molecule has 1 fully saturated rings. The molecular formula is C11H11ClF3N3O2. The fourth-order valence-electron chi connectivity index (χ4n) is 2.00. The largest absolute Gasteiger partial charge is 0.420 e. The third-order valence-corrected chi connectivity index (χ3v) is 3.38. The number of anilines is 1. The van der Waals surface area contributed by atoms with E-state index < -0.39 is 23.2 Å². The molecule has 1 amide bonds. The minimum absolute atomic E-state index is 0.0868. The van der Waals surface area contributed by atoms with Gasteiger partial charge in [0.15, 0.2) is 5.60 Å². The quantitative estimate of drug-likeness (QED) is 0.917. The van der Waals surface area contributed by atoms with Crippen molar-refractivity contribution in [1.82, 2.24) is 4.98 Å². The maximum absolute atomic E-state index is 12.9. The molecule has 1 aromatic heterocycles. The Morgan fingerprint density at radius 1 is 1.55 bits per heavy atom. The van der Waals surface area contributed by atoms with Crippen LogP contribution in [0.5, 0.6) is 0 Å². The summed E-state index contributed by atoms with van der Waals surface area (Å²) < 4.78 is 43.8. The number of hydrogen-bond acceptors (Lipinski definition) is 4. The minimum atomic E-state index is -4.59. The van der Waals surface area contributed by atoms with E-state index in [4.69, 9.17) is 22.1 Å². The van der Waals surface area contributed by atoms with Gasteiger partial charge in [-0.2, -0.15) is 13.2 Å². The second-order valence-electron chi connectivity index (χ2n) is 4.44. The number of ether oxygens (including phenoxy) is 1. The Hall–Kier alpha value is -1.54. The Morgan fingerprint density at radius 2 is 2.15 bits per heavy atom. The maximum atomic E-state index is 12.9. The Balaban J connectivity index is 2.31. The van der Waals surface area contributed by atoms with Crippen molar-refractivity contribution >= 4 is 23.3 Å². The first-order valence-electron chi connectivity index (χ1n) is 5.52. The zero-order chi connectivity index (χ0) is 15.1. The van der Waals surface area contributed by atoms with E-state index in [1.807, 2.05) is 0 Å². The van der Waals surface area contributed by atoms with E-state index in [1.165, 1.54) is 12.0 Å². The number of nitrogens with two attached hydrogens (primary N) is 1. The summed E-state index contributed by atoms with van der Waals surface area (Å²) in [5.74, 6) is -1.02. The van der Waals surface area contributed by atoms with Crippen molar-refractivity contribution < 1.29 is 22.7 Å². The summed E-state index contributed by atoms with van der Waals surface area (Å²) >= 11 is 5.54. The van der Waals surface area contributed by atoms with Gasteiger partial charge in [0.25, 0.3) is 5.91 Å². The van der Waals surface area contributed by atoms with E-state index in [-0.39, 0.29) is 23.9 Å². The van der Waals surface area contributed by atoms with Crippen LogP contribution in [0.25, 0.3) is 0 Å². The average Bonchev–Trinajstić information content (AvgIpc) is 2.28. The molecule has 2 heterocycles. The number of halogens is 4. The van der Waals surface area contributed by atoms with Crippen LogP contribution in [0.2, 0.25) is 5.02 Å². The number of alkyl halides is 3. The van der Waals surface area contributed by atoms with Crippen molar-refractivity contribution in [3.8, 4) is 0 Å². The van der Waals surface area contributed by atoms with Gasteiger partial charge < -0.3 is 15.4 Å². The summed E-state index contributed by atoms with van der Waals surface area (Å²) in [4.78, 5) is 16.2. The molecule has 110 valence electrons. The summed E-state index contributed by atoms with van der Waals surface area (Å²) in [7, 11) is 1.28. The van der Waals surface area contributed by atoms with Gasteiger partial charge in [0.05, 0.1) is 23.7 Å². The Kier molecular flexibility index (Phi) is 3.55. The molecular weight excluding hydrogens is 299 g/mol. The Morgan fingerprint density at radius 3 is 2.60 bits per heavy atom. The molecule has 0 atom stereocenters. The number of methoxy groups -OCH3 is 1. The second kappa shape index (κ2) is 4.78. The fraction of sp³-hybridized carbons (Fsp3) is 0.455. The minimum Gasteiger partial charge on any atom is -0.367 e. The molecule has 0 saturated carbocycles. The molecule has 0 unspecified atom stereocenters. The van der Waals surface area contributed by atoms with Gasteiger partial charge in [-0.15, -0.1) is 0 Å². The monoisotopic (exact) mass is 309 g/mol. The summed E-state index contributed by atoms with van der Waals surface area (Å²) in [6, 6.07) is 0.793. The topological polar surface area (TPSA) is 68.5 Å². The van der Waals surface area contributed by atoms with Gasteiger partial charge in [0.1, 0.15) is 5.82 Å². The molecule has 2 rings (SSSR count). The van der Waals surface area contributed by atoms with Crippen LogP contribution in [0.3, 0.4) is 0 Å². The summed E-state index contributed by atoms with van der Waals surface area (Å²) in [6.45, 7) is -0.174. The number of rotatable bonds is 3. The normalized spacial score (nSPS) is 17.8. The van der Waals surface area contributed by atoms with E-state index in [9.17, 15) is 18.0 Å². The molecule has 1 aliphatic heterocycles. The zero-order valence-corrected chi connectivity index (χ0v) is 11.1. The number of carbonyl (C=O) groups is 1. The lowest BCUT2D eigenvalue weighted by Gasteiger charge is -2.47. The molecule has 1 aromatic rings. The van der Waals surface area contributed by atoms with Crippen LogP contribution < -0.4 is 10.6 Å². The van der Waals surface area contributed by atoms with Gasteiger partial charge in [-0.3, -0.25) is 4.79 Å². The van der Waals surface area contributed by atoms with Crippen molar-refractivity contribution in [3.63, 3.8) is 0 Å². The molecule has 1 aliphatic rings. The first-order chi connectivity index (χ1) is 9.19. The van der Waals surface area contributed by atoms with Crippen LogP contribution in [-0.2, 0) is 15.7 Å². The SMILES string of the molecule is COC1(C(N)=O)CN(c2ncc(Cl)cc2C(F)(F)F)C1. The number of amides is 1. The van der Waals surface area contributed by atoms with Crippen molar-refractivity contribution in [3.05, 3.63) is 22.8 Å². The summed E-state index contributed by atoms with van der Waals surface area (Å²) in [6.07, 6.45) is -3.48. The molecule has 5 nitrogen and oxygen atoms in total. The predicted molar refractivity (Wildman–Crippen MR) is 65.4 cm³/mol. The van der Waals surface area contributed by atoms with Crippen LogP contribution >= 0.6 is 11.6 Å². The highest BCUT2D eigenvalue weighted by Gasteiger charge is 2.51. The Labute approximate surface area is 117 Å². The second-order valence-corrected chi connectivity index (χ2v) is 4.88. The number of nitrogens with zero attached hydrogens (tertiary/aromatic N) is 2. The molecule has 0 aliphatic carbocycles. The van der Waals surface area contributed by atoms with E-state index >= 15 is 0 Å². The van der Waals surface area contributed by atoms with Gasteiger partial charge in [-0.05, 0) is 6.07 Å². The lowest BCUT2D eigenvalue weighted by molar-refractivity contribution is -0.143. The van der Waals surface area contributed by atoms with Crippen molar-refractivity contribution in [2.75, 3.05) is 25.1 Å². The number of carbonyl (C=O) groups excluding carboxylic acids is 1. The molecule has 0 bridgehead atoms. The highest BCUT2D eigenvalue weighted by molar-refractivity contribution is 6.30. The lowest BCUT2D eigenvalue weighted by atomic mass is 9.92. The standard InChI is InChI=1S/C11H11ClF3N3O2/c1-20-10(9(16)19)4-18(5-10)8-7(11(13,14)15)2-6(12)3-17-8/h2-3H,4-5H2,1H3,(H2,16,19). The van der Waals surface area contributed by atoms with Crippen LogP contribution in [0.1, 0.15) is 5.56 Å². The summed E-state index contributed by atoms with van der Waals surface area (Å²) in [5.41, 5.74) is 2.94. The van der Waals surface area contributed by atoms with Gasteiger partial charge in [-0.25, -0.2) is 4.98 Å². The van der Waals surface area contributed by atoms with Crippen LogP contribution in [-0.4, -0.2) is 36.7 Å². The van der Waals surface area contributed by atoms with Gasteiger partial charge in [-0.1, -0.05) is 11.6 Å². The lowest BCUT2D eigenvalue weighted by Crippen LogP contribution is -2.69. The molecule has 20 heavy (non-hydrogen) atoms. The zero-order valence-electron chi connectivity index (χ0n) is 10.4. The van der Waals surface area contributed by atoms with Crippen LogP contribution in [0.4, 0.5) is 19.0 Å². The predicted octanol–water partition coefficient (Wildman–Crippen LogP) is 1.44. The highest BCUT2D eigenvalue weighted by atomic mass is 35.5. The van der Waals surface area contributed by atoms with Crippen molar-refractivity contribution in [1.29, 1.82) is 0 Å². The van der Waals surface area contributed by atoms with Crippen LogP contribution in [0.15, 0.2) is 12.3 Å². The van der Waals surface area contributed by atoms with Crippen molar-refractivity contribution in [2.24, 2.45) is 5.73 Å². The van der Waals surface area contributed by atoms with Gasteiger partial charge in [0.2, 0.25) is 0 Å². The maximum Gasteiger partial charge on any atom is 0.420 e. The first-order valence-corrected chi connectivity index (χ1v) is 5.90. The van der Waals surface area contributed by atoms with Gasteiger partial charge in [0, 0.05) is 13.3 Å². The third-order valence-electron chi connectivity index (χ3n) is 3.17. The van der Waals surface area contributed by atoms with Gasteiger partial charge >= 0.3 is 6.18 Å². The van der Waals surface area contributed by atoms with E-state index in [0.29, 0.717) is 0 Å². The summed E-state index contributed by atoms with van der Waals surface area (Å²) in [5, 5.41) is -0.116. The van der Waals surface area contributed by atoms with E-state index in [1.54, 1.807) is 0 Å². The molecule has 0 aromatic carbocycles. The average molecular weight is 310 g/mol. The number of aromatic nitrogens is 1. The molecule has 2 N–H and O–H groups in total. The number of primary amides is 1. The van der Waals surface area contributed by atoms with E-state index in [0.717, 1.165) is 12.3 Å². The third kappa shape index (κ3) is 2.40. The number of hydrogen-bond donors (Lipinski definition) is 1. The molecule has 0 spiro atoms. The first kappa shape index (κ1) is 14.9. The molecule has 1 saturated heterocycles. The van der Waals surface area contributed by atoms with Crippen LogP contribution in [0, 0.1) is 0 Å². The molecule has 0 radical (unpaired) electrons. The van der Waals surface area contributed by atoms with E-state index in [2.05, 4.69) is 4.98 Å². The smallest absolute Gasteiger partial charge is 0.367 e. The molecule has 9 heteroatoms. The highest BCUT2D eigenvalue weighted by Crippen LogP contribution is 2.40. The fourth-order valence-corrected chi connectivity index (χ4v) is 2.16. The van der Waals surface area contributed by atoms with Crippen molar-refractivity contribution in [2.45, 2.75) is 11.8 Å². The number of pyridine rings is 1.